The number of hydrogen-bond acceptors (Lipinski definition) is 7. The van der Waals surface area contributed by atoms with E-state index in [0.717, 1.165) is 12.1 Å². The fraction of sp³-hybridized carbons (Fsp3) is 0.400. The SMILES string of the molecule is CCCOC(=O)N(n1c(=O)[nH]c2cc(C(F)F)c(-c3ccnn3C(C)C)cc2c1=O)S(C)(=O)=O. The van der Waals surface area contributed by atoms with Gasteiger partial charge in [-0.3, -0.25) is 9.48 Å². The Hall–Kier alpha value is -3.55. The summed E-state index contributed by atoms with van der Waals surface area (Å²) < 4.78 is 58.7. The van der Waals surface area contributed by atoms with Crippen molar-refractivity contribution in [1.82, 2.24) is 19.4 Å². The first-order valence-electron chi connectivity index (χ1n) is 10.2. The van der Waals surface area contributed by atoms with Gasteiger partial charge in [0, 0.05) is 23.4 Å². The van der Waals surface area contributed by atoms with Crippen molar-refractivity contribution in [1.29, 1.82) is 0 Å². The number of nitrogens with one attached hydrogen (secondary N) is 1. The van der Waals surface area contributed by atoms with Gasteiger partial charge in [-0.1, -0.05) is 11.3 Å². The molecule has 1 amide bonds. The summed E-state index contributed by atoms with van der Waals surface area (Å²) in [7, 11) is -4.49. The fourth-order valence-electron chi connectivity index (χ4n) is 3.39. The van der Waals surface area contributed by atoms with Crippen LogP contribution in [-0.2, 0) is 14.8 Å². The summed E-state index contributed by atoms with van der Waals surface area (Å²) in [6.07, 6.45) is -2.04. The number of H-pyrrole nitrogens is 1. The molecule has 3 rings (SSSR count). The summed E-state index contributed by atoms with van der Waals surface area (Å²) >= 11 is 0. The van der Waals surface area contributed by atoms with Crippen molar-refractivity contribution in [2.24, 2.45) is 0 Å². The van der Waals surface area contributed by atoms with Crippen LogP contribution in [0.3, 0.4) is 0 Å². The standard InChI is InChI=1S/C20H23F2N5O6S/c1-5-8-33-20(30)27(34(4,31)32)26-18(28)14-9-12(16-6-7-23-25(16)11(2)3)13(17(21)22)10-15(14)24-19(26)29/h6-7,9-11,17H,5,8H2,1-4H3,(H,24,29). The van der Waals surface area contributed by atoms with E-state index in [1.165, 1.54) is 16.9 Å². The highest BCUT2D eigenvalue weighted by Gasteiger charge is 2.31. The number of aromatic amines is 1. The van der Waals surface area contributed by atoms with Gasteiger partial charge in [-0.05, 0) is 38.5 Å². The molecule has 3 aromatic rings. The second-order valence-corrected chi connectivity index (χ2v) is 9.52. The van der Waals surface area contributed by atoms with E-state index in [1.54, 1.807) is 20.8 Å². The number of ether oxygens (including phenoxy) is 1. The topological polar surface area (TPSA) is 136 Å². The molecule has 0 bridgehead atoms. The number of nitrogens with zero attached hydrogens (tertiary/aromatic N) is 4. The third kappa shape index (κ3) is 4.58. The Morgan fingerprint density at radius 2 is 1.94 bits per heavy atom. The lowest BCUT2D eigenvalue weighted by atomic mass is 10.0. The molecule has 1 N–H and O–H groups in total. The molecule has 0 atom stereocenters. The van der Waals surface area contributed by atoms with Crippen LogP contribution in [0.15, 0.2) is 34.0 Å². The largest absolute Gasteiger partial charge is 0.447 e. The minimum Gasteiger partial charge on any atom is -0.447 e. The number of carbonyl (C=O) groups is 1. The Bertz CT molecular complexity index is 1460. The van der Waals surface area contributed by atoms with E-state index in [9.17, 15) is 31.6 Å². The van der Waals surface area contributed by atoms with Gasteiger partial charge in [-0.15, -0.1) is 4.68 Å². The summed E-state index contributed by atoms with van der Waals surface area (Å²) in [4.78, 5) is 40.5. The molecule has 14 heteroatoms. The highest BCUT2D eigenvalue weighted by molar-refractivity contribution is 7.92. The number of amides is 1. The third-order valence-electron chi connectivity index (χ3n) is 4.80. The fourth-order valence-corrected chi connectivity index (χ4v) is 4.16. The van der Waals surface area contributed by atoms with E-state index in [1.807, 2.05) is 0 Å². The van der Waals surface area contributed by atoms with Gasteiger partial charge in [0.25, 0.3) is 22.0 Å². The van der Waals surface area contributed by atoms with Gasteiger partial charge in [-0.2, -0.15) is 5.10 Å². The Kier molecular flexibility index (Phi) is 6.91. The minimum absolute atomic E-state index is 0.0381. The molecule has 0 aliphatic heterocycles. The van der Waals surface area contributed by atoms with E-state index in [2.05, 4.69) is 10.1 Å². The monoisotopic (exact) mass is 499 g/mol. The zero-order chi connectivity index (χ0) is 25.4. The highest BCUT2D eigenvalue weighted by Crippen LogP contribution is 2.34. The van der Waals surface area contributed by atoms with Crippen LogP contribution < -0.4 is 15.7 Å². The molecular formula is C20H23F2N5O6S. The predicted octanol–water partition coefficient (Wildman–Crippen LogP) is 2.52. The van der Waals surface area contributed by atoms with E-state index < -0.39 is 39.4 Å². The van der Waals surface area contributed by atoms with E-state index in [0.29, 0.717) is 12.7 Å². The Balaban J connectivity index is 2.37. The van der Waals surface area contributed by atoms with E-state index >= 15 is 0 Å². The minimum atomic E-state index is -4.49. The van der Waals surface area contributed by atoms with Crippen LogP contribution in [0, 0.1) is 0 Å². The highest BCUT2D eigenvalue weighted by atomic mass is 32.2. The molecule has 1 aromatic carbocycles. The van der Waals surface area contributed by atoms with Crippen LogP contribution in [0.4, 0.5) is 13.6 Å². The van der Waals surface area contributed by atoms with Crippen LogP contribution in [-0.4, -0.2) is 46.8 Å². The smallest absolute Gasteiger partial charge is 0.444 e. The number of halogens is 2. The Morgan fingerprint density at radius 1 is 1.26 bits per heavy atom. The summed E-state index contributed by atoms with van der Waals surface area (Å²) in [6.45, 7) is 5.08. The lowest BCUT2D eigenvalue weighted by Gasteiger charge is -2.21. The van der Waals surface area contributed by atoms with Crippen molar-refractivity contribution in [3.8, 4) is 11.3 Å². The van der Waals surface area contributed by atoms with Crippen LogP contribution in [0.25, 0.3) is 22.2 Å². The number of fused-ring (bicyclic) bond motifs is 1. The second kappa shape index (κ2) is 9.37. The number of rotatable bonds is 7. The molecule has 0 fully saturated rings. The molecular weight excluding hydrogens is 476 g/mol. The number of carbonyl (C=O) groups excluding carboxylic acids is 1. The zero-order valence-corrected chi connectivity index (χ0v) is 19.6. The average molecular weight is 499 g/mol. The Labute approximate surface area is 192 Å². The van der Waals surface area contributed by atoms with Crippen LogP contribution in [0.5, 0.6) is 0 Å². The van der Waals surface area contributed by atoms with Crippen molar-refractivity contribution < 1.29 is 26.7 Å². The van der Waals surface area contributed by atoms with Crippen LogP contribution in [0.2, 0.25) is 0 Å². The normalized spacial score (nSPS) is 12.0. The summed E-state index contributed by atoms with van der Waals surface area (Å²) in [6, 6.07) is 3.34. The summed E-state index contributed by atoms with van der Waals surface area (Å²) in [5, 5.41) is 3.82. The third-order valence-corrected chi connectivity index (χ3v) is 5.74. The molecule has 0 radical (unpaired) electrons. The van der Waals surface area contributed by atoms with Gasteiger partial charge in [-0.25, -0.2) is 26.8 Å². The summed E-state index contributed by atoms with van der Waals surface area (Å²) in [5.41, 5.74) is -3.01. The molecule has 11 nitrogen and oxygen atoms in total. The first kappa shape index (κ1) is 25.1. The first-order chi connectivity index (χ1) is 15.9. The van der Waals surface area contributed by atoms with Crippen LogP contribution >= 0.6 is 0 Å². The first-order valence-corrected chi connectivity index (χ1v) is 12.1. The van der Waals surface area contributed by atoms with Crippen molar-refractivity contribution in [2.75, 3.05) is 17.3 Å². The lowest BCUT2D eigenvalue weighted by molar-refractivity contribution is 0.152. The predicted molar refractivity (Wildman–Crippen MR) is 120 cm³/mol. The number of benzene rings is 1. The number of hydrogen-bond donors (Lipinski definition) is 1. The number of sulfonamides is 1. The molecule has 2 heterocycles. The van der Waals surface area contributed by atoms with Gasteiger partial charge >= 0.3 is 11.8 Å². The van der Waals surface area contributed by atoms with E-state index in [4.69, 9.17) is 4.74 Å². The van der Waals surface area contributed by atoms with Crippen molar-refractivity contribution >= 4 is 27.0 Å². The molecule has 0 saturated carbocycles. The van der Waals surface area contributed by atoms with E-state index in [-0.39, 0.29) is 43.9 Å². The second-order valence-electron chi connectivity index (χ2n) is 7.71. The van der Waals surface area contributed by atoms with Gasteiger partial charge in [0.15, 0.2) is 0 Å². The zero-order valence-electron chi connectivity index (χ0n) is 18.8. The maximum atomic E-state index is 13.9. The van der Waals surface area contributed by atoms with Crippen molar-refractivity contribution in [3.63, 3.8) is 0 Å². The van der Waals surface area contributed by atoms with Gasteiger partial charge < -0.3 is 9.72 Å². The average Bonchev–Trinajstić information content (AvgIpc) is 3.23. The Morgan fingerprint density at radius 3 is 2.50 bits per heavy atom. The molecule has 184 valence electrons. The summed E-state index contributed by atoms with van der Waals surface area (Å²) in [5.74, 6) is 0. The molecule has 2 aromatic heterocycles. The number of alkyl halides is 2. The maximum absolute atomic E-state index is 13.9. The molecule has 0 aliphatic rings. The quantitative estimate of drug-likeness (QED) is 0.527. The molecule has 34 heavy (non-hydrogen) atoms. The van der Waals surface area contributed by atoms with Gasteiger partial charge in [0.2, 0.25) is 0 Å². The lowest BCUT2D eigenvalue weighted by Crippen LogP contribution is -2.56. The van der Waals surface area contributed by atoms with Gasteiger partial charge in [0.05, 0.1) is 29.5 Å². The maximum Gasteiger partial charge on any atom is 0.444 e. The molecule has 0 aliphatic carbocycles. The molecule has 0 spiro atoms. The van der Waals surface area contributed by atoms with Crippen LogP contribution in [0.1, 0.15) is 45.2 Å². The van der Waals surface area contributed by atoms with Crippen molar-refractivity contribution in [2.45, 2.75) is 39.7 Å². The van der Waals surface area contributed by atoms with Crippen molar-refractivity contribution in [3.05, 3.63) is 50.8 Å². The van der Waals surface area contributed by atoms with Gasteiger partial charge in [0.1, 0.15) is 0 Å². The molecule has 0 unspecified atom stereocenters. The molecule has 0 saturated heterocycles. The number of aromatic nitrogens is 4.